The first-order valence-electron chi connectivity index (χ1n) is 7.68. The maximum absolute atomic E-state index is 4.53. The van der Waals surface area contributed by atoms with E-state index in [0.29, 0.717) is 6.04 Å². The Morgan fingerprint density at radius 3 is 2.85 bits per heavy atom. The van der Waals surface area contributed by atoms with E-state index in [4.69, 9.17) is 0 Å². The van der Waals surface area contributed by atoms with E-state index in [9.17, 15) is 0 Å². The summed E-state index contributed by atoms with van der Waals surface area (Å²) in [5.74, 6) is 1.83. The molecule has 4 heteroatoms. The molecule has 0 radical (unpaired) electrons. The van der Waals surface area contributed by atoms with E-state index in [1.807, 2.05) is 0 Å². The summed E-state index contributed by atoms with van der Waals surface area (Å²) in [5, 5.41) is 4.97. The summed E-state index contributed by atoms with van der Waals surface area (Å²) >= 11 is 1.77. The van der Waals surface area contributed by atoms with Crippen LogP contribution < -0.4 is 5.32 Å². The first kappa shape index (κ1) is 13.8. The van der Waals surface area contributed by atoms with Crippen LogP contribution in [0.3, 0.4) is 0 Å². The molecule has 1 aliphatic rings. The van der Waals surface area contributed by atoms with Crippen LogP contribution in [0.2, 0.25) is 0 Å². The van der Waals surface area contributed by atoms with Crippen molar-refractivity contribution < 1.29 is 0 Å². The van der Waals surface area contributed by atoms with Crippen LogP contribution in [0.5, 0.6) is 0 Å². The molecular weight excluding hydrogens is 266 g/mol. The SMILES string of the molecule is CCC1CCCCC1Nc1ncnc2sc(C)c(C)c12. The van der Waals surface area contributed by atoms with Crippen LogP contribution in [0.1, 0.15) is 49.5 Å². The van der Waals surface area contributed by atoms with Gasteiger partial charge in [0, 0.05) is 10.9 Å². The molecule has 1 aliphatic carbocycles. The number of aryl methyl sites for hydroxylation is 2. The fraction of sp³-hybridized carbons (Fsp3) is 0.625. The second-order valence-electron chi connectivity index (χ2n) is 5.89. The van der Waals surface area contributed by atoms with E-state index in [-0.39, 0.29) is 0 Å². The van der Waals surface area contributed by atoms with Crippen LogP contribution in [0.4, 0.5) is 5.82 Å². The van der Waals surface area contributed by atoms with Gasteiger partial charge in [0.05, 0.1) is 5.39 Å². The number of thiophene rings is 1. The van der Waals surface area contributed by atoms with Crippen molar-refractivity contribution in [3.8, 4) is 0 Å². The maximum atomic E-state index is 4.53. The van der Waals surface area contributed by atoms with E-state index in [0.717, 1.165) is 16.6 Å². The Morgan fingerprint density at radius 1 is 1.25 bits per heavy atom. The predicted octanol–water partition coefficient (Wildman–Crippen LogP) is 4.69. The number of hydrogen-bond acceptors (Lipinski definition) is 4. The maximum Gasteiger partial charge on any atom is 0.138 e. The molecule has 0 saturated heterocycles. The lowest BCUT2D eigenvalue weighted by Crippen LogP contribution is -2.32. The molecule has 20 heavy (non-hydrogen) atoms. The highest BCUT2D eigenvalue weighted by atomic mass is 32.1. The van der Waals surface area contributed by atoms with Crippen LogP contribution in [-0.2, 0) is 0 Å². The van der Waals surface area contributed by atoms with Crippen molar-refractivity contribution in [2.75, 3.05) is 5.32 Å². The zero-order chi connectivity index (χ0) is 14.1. The highest BCUT2D eigenvalue weighted by Gasteiger charge is 2.25. The van der Waals surface area contributed by atoms with Crippen molar-refractivity contribution in [3.05, 3.63) is 16.8 Å². The molecule has 108 valence electrons. The Hall–Kier alpha value is -1.16. The average Bonchev–Trinajstić information content (AvgIpc) is 2.76. The standard InChI is InChI=1S/C16H23N3S/c1-4-12-7-5-6-8-13(12)19-15-14-10(2)11(3)20-16(14)18-9-17-15/h9,12-13H,4-8H2,1-3H3,(H,17,18,19). The van der Waals surface area contributed by atoms with Gasteiger partial charge in [0.2, 0.25) is 0 Å². The number of nitrogens with one attached hydrogen (secondary N) is 1. The topological polar surface area (TPSA) is 37.8 Å². The Balaban J connectivity index is 1.94. The lowest BCUT2D eigenvalue weighted by Gasteiger charge is -2.32. The fourth-order valence-electron chi connectivity index (χ4n) is 3.35. The molecule has 1 N–H and O–H groups in total. The summed E-state index contributed by atoms with van der Waals surface area (Å²) in [4.78, 5) is 11.4. The van der Waals surface area contributed by atoms with Crippen LogP contribution in [0.15, 0.2) is 6.33 Å². The Kier molecular flexibility index (Phi) is 3.92. The molecule has 3 nitrogen and oxygen atoms in total. The summed E-state index contributed by atoms with van der Waals surface area (Å²) in [6.07, 6.45) is 8.30. The Morgan fingerprint density at radius 2 is 2.05 bits per heavy atom. The Labute approximate surface area is 124 Å². The van der Waals surface area contributed by atoms with Gasteiger partial charge in [-0.25, -0.2) is 9.97 Å². The van der Waals surface area contributed by atoms with Crippen molar-refractivity contribution in [2.45, 2.75) is 58.9 Å². The van der Waals surface area contributed by atoms with Gasteiger partial charge < -0.3 is 5.32 Å². The summed E-state index contributed by atoms with van der Waals surface area (Å²) in [6, 6.07) is 0.575. The zero-order valence-electron chi connectivity index (χ0n) is 12.6. The lowest BCUT2D eigenvalue weighted by molar-refractivity contribution is 0.317. The predicted molar refractivity (Wildman–Crippen MR) is 86.5 cm³/mol. The Bertz CT molecular complexity index is 605. The number of aromatic nitrogens is 2. The van der Waals surface area contributed by atoms with Gasteiger partial charge in [-0.05, 0) is 38.2 Å². The largest absolute Gasteiger partial charge is 0.366 e. The summed E-state index contributed by atoms with van der Waals surface area (Å²) < 4.78 is 0. The third-order valence-corrected chi connectivity index (χ3v) is 5.84. The highest BCUT2D eigenvalue weighted by Crippen LogP contribution is 2.35. The normalized spacial score (nSPS) is 23.1. The summed E-state index contributed by atoms with van der Waals surface area (Å²) in [5.41, 5.74) is 1.33. The van der Waals surface area contributed by atoms with Crippen molar-refractivity contribution in [2.24, 2.45) is 5.92 Å². The van der Waals surface area contributed by atoms with E-state index < -0.39 is 0 Å². The molecule has 0 aliphatic heterocycles. The second-order valence-corrected chi connectivity index (χ2v) is 7.09. The van der Waals surface area contributed by atoms with Crippen molar-refractivity contribution in [3.63, 3.8) is 0 Å². The second kappa shape index (κ2) is 5.68. The molecule has 2 aromatic heterocycles. The number of fused-ring (bicyclic) bond motifs is 1. The minimum Gasteiger partial charge on any atom is -0.366 e. The summed E-state index contributed by atoms with van der Waals surface area (Å²) in [7, 11) is 0. The van der Waals surface area contributed by atoms with Gasteiger partial charge in [-0.15, -0.1) is 11.3 Å². The van der Waals surface area contributed by atoms with Crippen LogP contribution in [-0.4, -0.2) is 16.0 Å². The average molecular weight is 289 g/mol. The first-order valence-corrected chi connectivity index (χ1v) is 8.49. The van der Waals surface area contributed by atoms with E-state index in [1.165, 1.54) is 47.9 Å². The third-order valence-electron chi connectivity index (χ3n) is 4.72. The van der Waals surface area contributed by atoms with E-state index in [2.05, 4.69) is 36.1 Å². The molecule has 0 amide bonds. The van der Waals surface area contributed by atoms with E-state index >= 15 is 0 Å². The molecular formula is C16H23N3S. The van der Waals surface area contributed by atoms with Gasteiger partial charge >= 0.3 is 0 Å². The number of nitrogens with zero attached hydrogens (tertiary/aromatic N) is 2. The van der Waals surface area contributed by atoms with Crippen LogP contribution in [0.25, 0.3) is 10.2 Å². The van der Waals surface area contributed by atoms with E-state index in [1.54, 1.807) is 17.7 Å². The molecule has 0 bridgehead atoms. The highest BCUT2D eigenvalue weighted by molar-refractivity contribution is 7.18. The van der Waals surface area contributed by atoms with Crippen LogP contribution in [0, 0.1) is 19.8 Å². The molecule has 0 spiro atoms. The van der Waals surface area contributed by atoms with Crippen molar-refractivity contribution >= 4 is 27.4 Å². The molecule has 0 aromatic carbocycles. The third kappa shape index (κ3) is 2.41. The van der Waals surface area contributed by atoms with Gasteiger partial charge in [0.15, 0.2) is 0 Å². The van der Waals surface area contributed by atoms with Crippen molar-refractivity contribution in [1.82, 2.24) is 9.97 Å². The first-order chi connectivity index (χ1) is 9.70. The number of anilines is 1. The smallest absolute Gasteiger partial charge is 0.138 e. The molecule has 2 aromatic rings. The van der Waals surface area contributed by atoms with Gasteiger partial charge in [0.25, 0.3) is 0 Å². The van der Waals surface area contributed by atoms with Gasteiger partial charge in [-0.1, -0.05) is 26.2 Å². The quantitative estimate of drug-likeness (QED) is 0.890. The molecule has 1 fully saturated rings. The molecule has 3 rings (SSSR count). The zero-order valence-corrected chi connectivity index (χ0v) is 13.4. The van der Waals surface area contributed by atoms with Gasteiger partial charge in [-0.3, -0.25) is 0 Å². The molecule has 1 saturated carbocycles. The molecule has 2 unspecified atom stereocenters. The molecule has 2 heterocycles. The fourth-order valence-corrected chi connectivity index (χ4v) is 4.35. The van der Waals surface area contributed by atoms with Gasteiger partial charge in [0.1, 0.15) is 17.0 Å². The monoisotopic (exact) mass is 289 g/mol. The number of hydrogen-bond donors (Lipinski definition) is 1. The minimum absolute atomic E-state index is 0.575. The minimum atomic E-state index is 0.575. The van der Waals surface area contributed by atoms with Crippen molar-refractivity contribution in [1.29, 1.82) is 0 Å². The lowest BCUT2D eigenvalue weighted by atomic mass is 9.83. The number of rotatable bonds is 3. The van der Waals surface area contributed by atoms with Gasteiger partial charge in [-0.2, -0.15) is 0 Å². The van der Waals surface area contributed by atoms with Crippen LogP contribution >= 0.6 is 11.3 Å². The molecule has 2 atom stereocenters. The summed E-state index contributed by atoms with van der Waals surface area (Å²) in [6.45, 7) is 6.65.